The molecule has 0 amide bonds. The van der Waals surface area contributed by atoms with E-state index in [2.05, 4.69) is 21.8 Å². The van der Waals surface area contributed by atoms with Gasteiger partial charge in [-0.05, 0) is 19.9 Å². The molecule has 0 aromatic carbocycles. The van der Waals surface area contributed by atoms with Crippen LogP contribution < -0.4 is 10.6 Å². The van der Waals surface area contributed by atoms with Crippen molar-refractivity contribution in [1.82, 2.24) is 9.97 Å². The summed E-state index contributed by atoms with van der Waals surface area (Å²) < 4.78 is 5.51. The second kappa shape index (κ2) is 5.60. The molecule has 0 spiro atoms. The molecular weight excluding hydrogens is 232 g/mol. The van der Waals surface area contributed by atoms with Gasteiger partial charge in [-0.15, -0.1) is 0 Å². The number of aliphatic hydroxyl groups excluding tert-OH is 1. The van der Waals surface area contributed by atoms with Gasteiger partial charge in [0.25, 0.3) is 0 Å². The van der Waals surface area contributed by atoms with E-state index in [0.717, 1.165) is 11.4 Å². The molecule has 2 unspecified atom stereocenters. The Kier molecular flexibility index (Phi) is 4.11. The summed E-state index contributed by atoms with van der Waals surface area (Å²) in [5.74, 6) is 0.671. The molecule has 6 nitrogen and oxygen atoms in total. The predicted molar refractivity (Wildman–Crippen MR) is 68.3 cm³/mol. The number of nitrogens with two attached hydrogens (primary N) is 1. The fourth-order valence-electron chi connectivity index (χ4n) is 2.06. The molecule has 2 atom stereocenters. The van der Waals surface area contributed by atoms with Gasteiger partial charge in [0.15, 0.2) is 0 Å². The standard InChI is InChI=1S/C12H20N4O2/c1-8-3-10(4-13)15-12(14-8)16-5-11(6-17)18-7-9(16)2/h3,9,11,17H,4-7,13H2,1-2H3. The van der Waals surface area contributed by atoms with Crippen LogP contribution in [0, 0.1) is 6.92 Å². The van der Waals surface area contributed by atoms with Gasteiger partial charge in [-0.2, -0.15) is 0 Å². The van der Waals surface area contributed by atoms with Crippen molar-refractivity contribution in [1.29, 1.82) is 0 Å². The Bertz CT molecular complexity index is 413. The number of hydrogen-bond acceptors (Lipinski definition) is 6. The average molecular weight is 252 g/mol. The average Bonchev–Trinajstić information content (AvgIpc) is 2.38. The smallest absolute Gasteiger partial charge is 0.226 e. The lowest BCUT2D eigenvalue weighted by molar-refractivity contribution is -0.0108. The van der Waals surface area contributed by atoms with E-state index in [1.807, 2.05) is 13.0 Å². The van der Waals surface area contributed by atoms with E-state index in [1.165, 1.54) is 0 Å². The molecule has 0 saturated carbocycles. The van der Waals surface area contributed by atoms with Crippen molar-refractivity contribution < 1.29 is 9.84 Å². The van der Waals surface area contributed by atoms with Crippen molar-refractivity contribution in [3.63, 3.8) is 0 Å². The van der Waals surface area contributed by atoms with Gasteiger partial charge in [-0.25, -0.2) is 9.97 Å². The van der Waals surface area contributed by atoms with E-state index in [-0.39, 0.29) is 18.8 Å². The first-order chi connectivity index (χ1) is 8.63. The second-order valence-electron chi connectivity index (χ2n) is 4.64. The SMILES string of the molecule is Cc1cc(CN)nc(N2CC(CO)OCC2C)n1. The molecule has 1 aromatic rings. The van der Waals surface area contributed by atoms with Crippen LogP contribution in [-0.4, -0.2) is 47.0 Å². The van der Waals surface area contributed by atoms with Crippen LogP contribution in [0.15, 0.2) is 6.07 Å². The fourth-order valence-corrected chi connectivity index (χ4v) is 2.06. The van der Waals surface area contributed by atoms with Crippen LogP contribution in [0.25, 0.3) is 0 Å². The molecule has 3 N–H and O–H groups in total. The summed E-state index contributed by atoms with van der Waals surface area (Å²) in [6, 6.07) is 2.08. The number of aryl methyl sites for hydroxylation is 1. The quantitative estimate of drug-likeness (QED) is 0.777. The van der Waals surface area contributed by atoms with Gasteiger partial charge in [-0.3, -0.25) is 0 Å². The van der Waals surface area contributed by atoms with E-state index in [1.54, 1.807) is 0 Å². The van der Waals surface area contributed by atoms with Crippen LogP contribution in [0.1, 0.15) is 18.3 Å². The summed E-state index contributed by atoms with van der Waals surface area (Å²) >= 11 is 0. The maximum Gasteiger partial charge on any atom is 0.226 e. The number of morpholine rings is 1. The Balaban J connectivity index is 2.25. The zero-order valence-electron chi connectivity index (χ0n) is 10.8. The monoisotopic (exact) mass is 252 g/mol. The van der Waals surface area contributed by atoms with Gasteiger partial charge in [0, 0.05) is 18.8 Å². The van der Waals surface area contributed by atoms with Crippen molar-refractivity contribution in [3.8, 4) is 0 Å². The van der Waals surface area contributed by atoms with Crippen LogP contribution >= 0.6 is 0 Å². The summed E-state index contributed by atoms with van der Waals surface area (Å²) in [5, 5.41) is 9.18. The van der Waals surface area contributed by atoms with Crippen molar-refractivity contribution in [2.75, 3.05) is 24.7 Å². The van der Waals surface area contributed by atoms with Gasteiger partial charge in [-0.1, -0.05) is 0 Å². The van der Waals surface area contributed by atoms with Crippen LogP contribution in [-0.2, 0) is 11.3 Å². The van der Waals surface area contributed by atoms with Gasteiger partial charge < -0.3 is 20.5 Å². The third kappa shape index (κ3) is 2.77. The highest BCUT2D eigenvalue weighted by Gasteiger charge is 2.27. The first kappa shape index (κ1) is 13.2. The molecule has 0 radical (unpaired) electrons. The minimum absolute atomic E-state index is 0.0127. The van der Waals surface area contributed by atoms with E-state index < -0.39 is 0 Å². The van der Waals surface area contributed by atoms with Crippen molar-refractivity contribution >= 4 is 5.95 Å². The molecule has 1 saturated heterocycles. The molecule has 0 aliphatic carbocycles. The van der Waals surface area contributed by atoms with Gasteiger partial charge in [0.2, 0.25) is 5.95 Å². The maximum absolute atomic E-state index is 9.18. The molecule has 6 heteroatoms. The summed E-state index contributed by atoms with van der Waals surface area (Å²) in [6.45, 7) is 5.57. The number of hydrogen-bond donors (Lipinski definition) is 2. The number of rotatable bonds is 3. The molecule has 2 heterocycles. The number of ether oxygens (including phenoxy) is 1. The lowest BCUT2D eigenvalue weighted by Gasteiger charge is -2.37. The maximum atomic E-state index is 9.18. The first-order valence-electron chi connectivity index (χ1n) is 6.17. The lowest BCUT2D eigenvalue weighted by atomic mass is 10.2. The van der Waals surface area contributed by atoms with Crippen molar-refractivity contribution in [3.05, 3.63) is 17.5 Å². The molecule has 0 bridgehead atoms. The van der Waals surface area contributed by atoms with Crippen LogP contribution in [0.2, 0.25) is 0 Å². The zero-order chi connectivity index (χ0) is 13.1. The molecular formula is C12H20N4O2. The Morgan fingerprint density at radius 2 is 2.33 bits per heavy atom. The van der Waals surface area contributed by atoms with E-state index in [0.29, 0.717) is 25.6 Å². The molecule has 1 aliphatic rings. The predicted octanol–water partition coefficient (Wildman–Crippen LogP) is -0.170. The van der Waals surface area contributed by atoms with E-state index in [9.17, 15) is 5.11 Å². The highest BCUT2D eigenvalue weighted by atomic mass is 16.5. The third-order valence-corrected chi connectivity index (χ3v) is 3.07. The third-order valence-electron chi connectivity index (χ3n) is 3.07. The Labute approximate surface area is 107 Å². The first-order valence-corrected chi connectivity index (χ1v) is 6.17. The second-order valence-corrected chi connectivity index (χ2v) is 4.64. The Morgan fingerprint density at radius 1 is 1.56 bits per heavy atom. The van der Waals surface area contributed by atoms with Crippen LogP contribution in [0.3, 0.4) is 0 Å². The molecule has 100 valence electrons. The molecule has 1 aromatic heterocycles. The highest BCUT2D eigenvalue weighted by Crippen LogP contribution is 2.18. The summed E-state index contributed by atoms with van der Waals surface area (Å²) in [6.07, 6.45) is -0.174. The molecule has 2 rings (SSSR count). The minimum Gasteiger partial charge on any atom is -0.394 e. The number of aliphatic hydroxyl groups is 1. The van der Waals surface area contributed by atoms with E-state index in [4.69, 9.17) is 10.5 Å². The highest BCUT2D eigenvalue weighted by molar-refractivity contribution is 5.34. The number of anilines is 1. The van der Waals surface area contributed by atoms with Gasteiger partial charge >= 0.3 is 0 Å². The minimum atomic E-state index is -0.174. The molecule has 1 aliphatic heterocycles. The van der Waals surface area contributed by atoms with Gasteiger partial charge in [0.05, 0.1) is 31.1 Å². The number of aromatic nitrogens is 2. The topological polar surface area (TPSA) is 84.5 Å². The number of nitrogens with zero attached hydrogens (tertiary/aromatic N) is 3. The lowest BCUT2D eigenvalue weighted by Crippen LogP contribution is -2.50. The normalized spacial score (nSPS) is 24.3. The molecule has 18 heavy (non-hydrogen) atoms. The summed E-state index contributed by atoms with van der Waals surface area (Å²) in [7, 11) is 0. The molecule has 1 fully saturated rings. The van der Waals surface area contributed by atoms with Crippen LogP contribution in [0.4, 0.5) is 5.95 Å². The largest absolute Gasteiger partial charge is 0.394 e. The Morgan fingerprint density at radius 3 is 3.00 bits per heavy atom. The Hall–Kier alpha value is -1.24. The summed E-state index contributed by atoms with van der Waals surface area (Å²) in [5.41, 5.74) is 7.36. The van der Waals surface area contributed by atoms with Gasteiger partial charge in [0.1, 0.15) is 0 Å². The fraction of sp³-hybridized carbons (Fsp3) is 0.667. The summed E-state index contributed by atoms with van der Waals surface area (Å²) in [4.78, 5) is 11.0. The van der Waals surface area contributed by atoms with Crippen molar-refractivity contribution in [2.45, 2.75) is 32.5 Å². The van der Waals surface area contributed by atoms with Crippen LogP contribution in [0.5, 0.6) is 0 Å². The van der Waals surface area contributed by atoms with Crippen molar-refractivity contribution in [2.24, 2.45) is 5.73 Å². The van der Waals surface area contributed by atoms with E-state index >= 15 is 0 Å². The zero-order valence-corrected chi connectivity index (χ0v) is 10.8.